The second kappa shape index (κ2) is 7.08. The number of benzene rings is 4. The quantitative estimate of drug-likeness (QED) is 0.371. The van der Waals surface area contributed by atoms with Gasteiger partial charge in [0.1, 0.15) is 0 Å². The fraction of sp³-hybridized carbons (Fsp3) is 0.0357. The van der Waals surface area contributed by atoms with Crippen molar-refractivity contribution in [2.24, 2.45) is 5.73 Å². The van der Waals surface area contributed by atoms with Crippen LogP contribution in [0.2, 0.25) is 0 Å². The molecular formula is C28H21N3. The van der Waals surface area contributed by atoms with Gasteiger partial charge in [0, 0.05) is 35.1 Å². The molecule has 4 aromatic carbocycles. The van der Waals surface area contributed by atoms with Gasteiger partial charge < -0.3 is 10.3 Å². The Kier molecular flexibility index (Phi) is 4.08. The highest BCUT2D eigenvalue weighted by Gasteiger charge is 2.16. The number of nitrogens with two attached hydrogens (primary N) is 1. The molecule has 0 fully saturated rings. The van der Waals surface area contributed by atoms with E-state index in [1.807, 2.05) is 18.5 Å². The molecule has 6 rings (SSSR count). The van der Waals surface area contributed by atoms with E-state index in [1.54, 1.807) is 0 Å². The van der Waals surface area contributed by atoms with Crippen molar-refractivity contribution in [2.75, 3.05) is 0 Å². The lowest BCUT2D eigenvalue weighted by atomic mass is 9.93. The number of aromatic nitrogens is 2. The zero-order valence-electron chi connectivity index (χ0n) is 17.0. The highest BCUT2D eigenvalue weighted by Crippen LogP contribution is 2.38. The average molecular weight is 399 g/mol. The molecule has 0 aliphatic rings. The molecule has 148 valence electrons. The van der Waals surface area contributed by atoms with Crippen LogP contribution >= 0.6 is 0 Å². The number of rotatable bonds is 3. The van der Waals surface area contributed by atoms with Crippen LogP contribution in [0.3, 0.4) is 0 Å². The second-order valence-electron chi connectivity index (χ2n) is 7.78. The van der Waals surface area contributed by atoms with Gasteiger partial charge in [-0.25, -0.2) is 0 Å². The molecule has 0 aliphatic carbocycles. The Balaban J connectivity index is 1.72. The maximum absolute atomic E-state index is 6.05. The molecule has 6 aromatic rings. The van der Waals surface area contributed by atoms with E-state index in [2.05, 4.69) is 94.5 Å². The summed E-state index contributed by atoms with van der Waals surface area (Å²) < 4.78 is 2.35. The molecule has 0 saturated heterocycles. The molecule has 3 heteroatoms. The van der Waals surface area contributed by atoms with Gasteiger partial charge in [0.2, 0.25) is 0 Å². The lowest BCUT2D eigenvalue weighted by molar-refractivity contribution is 1.07. The van der Waals surface area contributed by atoms with E-state index in [1.165, 1.54) is 43.9 Å². The Labute approximate surface area is 180 Å². The highest BCUT2D eigenvalue weighted by atomic mass is 15.0. The summed E-state index contributed by atoms with van der Waals surface area (Å²) in [6.07, 6.45) is 3.83. The molecule has 3 nitrogen and oxygen atoms in total. The van der Waals surface area contributed by atoms with E-state index in [0.717, 1.165) is 11.1 Å². The summed E-state index contributed by atoms with van der Waals surface area (Å²) in [6, 6.07) is 32.1. The third-order valence-corrected chi connectivity index (χ3v) is 6.14. The normalized spacial score (nSPS) is 11.5. The van der Waals surface area contributed by atoms with Gasteiger partial charge in [-0.2, -0.15) is 0 Å². The van der Waals surface area contributed by atoms with Crippen molar-refractivity contribution >= 4 is 32.6 Å². The van der Waals surface area contributed by atoms with Crippen LogP contribution in [-0.2, 0) is 6.54 Å². The molecule has 0 aliphatic heterocycles. The van der Waals surface area contributed by atoms with E-state index in [4.69, 9.17) is 5.73 Å². The molecule has 0 saturated carbocycles. The molecule has 0 spiro atoms. The predicted molar refractivity (Wildman–Crippen MR) is 129 cm³/mol. The van der Waals surface area contributed by atoms with Crippen molar-refractivity contribution in [2.45, 2.75) is 6.54 Å². The molecular weight excluding hydrogens is 378 g/mol. The van der Waals surface area contributed by atoms with Crippen LogP contribution < -0.4 is 5.73 Å². The zero-order valence-corrected chi connectivity index (χ0v) is 17.0. The van der Waals surface area contributed by atoms with Crippen molar-refractivity contribution in [1.82, 2.24) is 9.55 Å². The van der Waals surface area contributed by atoms with Gasteiger partial charge in [0.25, 0.3) is 0 Å². The van der Waals surface area contributed by atoms with Gasteiger partial charge in [-0.05, 0) is 40.3 Å². The molecule has 0 bridgehead atoms. The van der Waals surface area contributed by atoms with Crippen LogP contribution in [-0.4, -0.2) is 9.55 Å². The van der Waals surface area contributed by atoms with Gasteiger partial charge in [-0.3, -0.25) is 4.98 Å². The Morgan fingerprint density at radius 3 is 2.19 bits per heavy atom. The lowest BCUT2D eigenvalue weighted by Gasteiger charge is -2.16. The topological polar surface area (TPSA) is 43.8 Å². The Hall–Kier alpha value is -3.95. The van der Waals surface area contributed by atoms with Crippen LogP contribution in [0.15, 0.2) is 103 Å². The van der Waals surface area contributed by atoms with E-state index in [-0.39, 0.29) is 0 Å². The summed E-state index contributed by atoms with van der Waals surface area (Å²) in [5.74, 6) is 0. The molecule has 2 heterocycles. The first kappa shape index (κ1) is 17.9. The van der Waals surface area contributed by atoms with Crippen LogP contribution in [0.1, 0.15) is 5.56 Å². The minimum atomic E-state index is 0.520. The van der Waals surface area contributed by atoms with Crippen LogP contribution in [0.5, 0.6) is 0 Å². The third kappa shape index (κ3) is 2.68. The third-order valence-electron chi connectivity index (χ3n) is 6.14. The van der Waals surface area contributed by atoms with Crippen molar-refractivity contribution < 1.29 is 0 Å². The first-order chi connectivity index (χ1) is 15.4. The molecule has 0 atom stereocenters. The van der Waals surface area contributed by atoms with Gasteiger partial charge in [-0.15, -0.1) is 0 Å². The molecule has 31 heavy (non-hydrogen) atoms. The Morgan fingerprint density at radius 2 is 1.32 bits per heavy atom. The SMILES string of the molecule is NCc1ccccc1-c1ccc(-n2c3ccccc3c3cnccc32)c2ccccc12. The average Bonchev–Trinajstić information content (AvgIpc) is 3.18. The summed E-state index contributed by atoms with van der Waals surface area (Å²) in [5.41, 5.74) is 13.1. The molecule has 2 aromatic heterocycles. The van der Waals surface area contributed by atoms with Gasteiger partial charge >= 0.3 is 0 Å². The van der Waals surface area contributed by atoms with Crippen molar-refractivity contribution in [3.8, 4) is 16.8 Å². The number of hydrogen-bond acceptors (Lipinski definition) is 2. The van der Waals surface area contributed by atoms with Crippen molar-refractivity contribution in [3.63, 3.8) is 0 Å². The largest absolute Gasteiger partial charge is 0.326 e. The van der Waals surface area contributed by atoms with E-state index in [9.17, 15) is 0 Å². The molecule has 0 unspecified atom stereocenters. The molecule has 2 N–H and O–H groups in total. The fourth-order valence-electron chi connectivity index (χ4n) is 4.75. The van der Waals surface area contributed by atoms with Crippen LogP contribution in [0, 0.1) is 0 Å². The maximum Gasteiger partial charge on any atom is 0.0572 e. The summed E-state index contributed by atoms with van der Waals surface area (Å²) in [5, 5.41) is 4.82. The van der Waals surface area contributed by atoms with Crippen molar-refractivity contribution in [1.29, 1.82) is 0 Å². The molecule has 0 amide bonds. The minimum absolute atomic E-state index is 0.520. The fourth-order valence-corrected chi connectivity index (χ4v) is 4.75. The summed E-state index contributed by atoms with van der Waals surface area (Å²) >= 11 is 0. The van der Waals surface area contributed by atoms with Gasteiger partial charge in [-0.1, -0.05) is 72.8 Å². The predicted octanol–water partition coefficient (Wildman–Crippen LogP) is 6.46. The zero-order chi connectivity index (χ0) is 20.8. The standard InChI is InChI=1S/C28H21N3/c29-17-19-7-1-2-8-20(19)22-13-14-27(23-10-4-3-9-21(22)23)31-26-12-6-5-11-24(26)25-18-30-16-15-28(25)31/h1-16,18H,17,29H2. The van der Waals surface area contributed by atoms with Crippen LogP contribution in [0.4, 0.5) is 0 Å². The van der Waals surface area contributed by atoms with E-state index >= 15 is 0 Å². The van der Waals surface area contributed by atoms with Gasteiger partial charge in [0.05, 0.1) is 16.7 Å². The Bertz CT molecular complexity index is 1520. The summed E-state index contributed by atoms with van der Waals surface area (Å²) in [6.45, 7) is 0.520. The monoisotopic (exact) mass is 399 g/mol. The van der Waals surface area contributed by atoms with Crippen molar-refractivity contribution in [3.05, 3.63) is 109 Å². The highest BCUT2D eigenvalue weighted by molar-refractivity contribution is 6.11. The van der Waals surface area contributed by atoms with Gasteiger partial charge in [0.15, 0.2) is 0 Å². The number of pyridine rings is 1. The van der Waals surface area contributed by atoms with E-state index < -0.39 is 0 Å². The molecule has 0 radical (unpaired) electrons. The number of nitrogens with zero attached hydrogens (tertiary/aromatic N) is 2. The lowest BCUT2D eigenvalue weighted by Crippen LogP contribution is -2.00. The first-order valence-corrected chi connectivity index (χ1v) is 10.5. The summed E-state index contributed by atoms with van der Waals surface area (Å²) in [7, 11) is 0. The van der Waals surface area contributed by atoms with Crippen LogP contribution in [0.25, 0.3) is 49.4 Å². The second-order valence-corrected chi connectivity index (χ2v) is 7.78. The number of hydrogen-bond donors (Lipinski definition) is 1. The first-order valence-electron chi connectivity index (χ1n) is 10.5. The van der Waals surface area contributed by atoms with E-state index in [0.29, 0.717) is 6.54 Å². The smallest absolute Gasteiger partial charge is 0.0572 e. The number of fused-ring (bicyclic) bond motifs is 4. The number of para-hydroxylation sites is 1. The summed E-state index contributed by atoms with van der Waals surface area (Å²) in [4.78, 5) is 4.38. The minimum Gasteiger partial charge on any atom is -0.326 e. The maximum atomic E-state index is 6.05. The Morgan fingerprint density at radius 1 is 0.613 bits per heavy atom.